The van der Waals surface area contributed by atoms with Crippen molar-refractivity contribution >= 4 is 17.4 Å². The van der Waals surface area contributed by atoms with Crippen molar-refractivity contribution in [2.45, 2.75) is 19.4 Å². The Labute approximate surface area is 189 Å². The number of carbonyl (C=O) groups excluding carboxylic acids is 1. The fourth-order valence-corrected chi connectivity index (χ4v) is 4.11. The van der Waals surface area contributed by atoms with Gasteiger partial charge in [0.25, 0.3) is 0 Å². The summed E-state index contributed by atoms with van der Waals surface area (Å²) >= 11 is 0. The number of aliphatic imine (C=N–C) groups is 1. The third-order valence-corrected chi connectivity index (χ3v) is 5.65. The minimum atomic E-state index is -0.659. The Morgan fingerprint density at radius 3 is 2.45 bits per heavy atom. The molecule has 2 aromatic heterocycles. The number of halogens is 1. The number of amides is 1. The van der Waals surface area contributed by atoms with Gasteiger partial charge in [-0.3, -0.25) is 9.79 Å². The lowest BCUT2D eigenvalue weighted by Gasteiger charge is -2.13. The van der Waals surface area contributed by atoms with Gasteiger partial charge in [0.1, 0.15) is 17.7 Å². The van der Waals surface area contributed by atoms with E-state index < -0.39 is 11.9 Å². The molecular formula is C25H20FN5O2. The zero-order valence-corrected chi connectivity index (χ0v) is 17.7. The second-order valence-corrected chi connectivity index (χ2v) is 7.91. The van der Waals surface area contributed by atoms with Crippen LogP contribution in [0.1, 0.15) is 35.0 Å². The molecule has 0 saturated carbocycles. The molecule has 3 heterocycles. The average Bonchev–Trinajstić information content (AvgIpc) is 3.12. The highest BCUT2D eigenvalue weighted by Gasteiger charge is 2.31. The lowest BCUT2D eigenvalue weighted by molar-refractivity contribution is -0.118. The van der Waals surface area contributed by atoms with E-state index in [1.165, 1.54) is 12.1 Å². The van der Waals surface area contributed by atoms with Gasteiger partial charge in [-0.05, 0) is 60.5 Å². The first-order valence-corrected chi connectivity index (χ1v) is 10.4. The molecule has 33 heavy (non-hydrogen) atoms. The SMILES string of the molecule is Cc1noc2c1-c1ccc(-c3ccc(N)nc3)cc1C(c1ccc(F)cc1)=NC2CC(N)=O. The number of rotatable bonds is 4. The Kier molecular flexibility index (Phi) is 4.97. The van der Waals surface area contributed by atoms with Crippen LogP contribution in [0.15, 0.2) is 70.3 Å². The predicted octanol–water partition coefficient (Wildman–Crippen LogP) is 4.20. The summed E-state index contributed by atoms with van der Waals surface area (Å²) in [5, 5.41) is 4.13. The van der Waals surface area contributed by atoms with E-state index in [0.717, 1.165) is 27.8 Å². The lowest BCUT2D eigenvalue weighted by Crippen LogP contribution is -2.15. The van der Waals surface area contributed by atoms with Gasteiger partial charge in [-0.1, -0.05) is 17.3 Å². The van der Waals surface area contributed by atoms with Gasteiger partial charge < -0.3 is 16.0 Å². The quantitative estimate of drug-likeness (QED) is 0.492. The van der Waals surface area contributed by atoms with Crippen LogP contribution in [0.5, 0.6) is 0 Å². The molecule has 1 unspecified atom stereocenters. The number of nitrogens with two attached hydrogens (primary N) is 2. The highest BCUT2D eigenvalue weighted by Crippen LogP contribution is 2.42. The Morgan fingerprint density at radius 2 is 1.76 bits per heavy atom. The second-order valence-electron chi connectivity index (χ2n) is 7.91. The van der Waals surface area contributed by atoms with Crippen molar-refractivity contribution in [1.29, 1.82) is 0 Å². The number of hydrogen-bond donors (Lipinski definition) is 2. The number of anilines is 1. The molecule has 0 radical (unpaired) electrons. The number of benzene rings is 2. The fraction of sp³-hybridized carbons (Fsp3) is 0.120. The van der Waals surface area contributed by atoms with E-state index in [2.05, 4.69) is 10.1 Å². The van der Waals surface area contributed by atoms with Crippen molar-refractivity contribution in [3.05, 3.63) is 89.2 Å². The van der Waals surface area contributed by atoms with Crippen molar-refractivity contribution in [3.63, 3.8) is 0 Å². The number of hydrogen-bond acceptors (Lipinski definition) is 6. The maximum atomic E-state index is 13.7. The molecule has 5 rings (SSSR count). The minimum absolute atomic E-state index is 0.0466. The van der Waals surface area contributed by atoms with Gasteiger partial charge in [-0.25, -0.2) is 9.37 Å². The normalized spacial score (nSPS) is 14.7. The number of nitrogen functional groups attached to an aromatic ring is 1. The number of aryl methyl sites for hydroxylation is 1. The third kappa shape index (κ3) is 3.76. The zero-order chi connectivity index (χ0) is 23.1. The van der Waals surface area contributed by atoms with Crippen LogP contribution in [0, 0.1) is 12.7 Å². The van der Waals surface area contributed by atoms with E-state index in [1.807, 2.05) is 31.2 Å². The van der Waals surface area contributed by atoms with Crippen LogP contribution >= 0.6 is 0 Å². The van der Waals surface area contributed by atoms with Crippen molar-refractivity contribution in [1.82, 2.24) is 10.1 Å². The molecule has 1 aliphatic rings. The van der Waals surface area contributed by atoms with Gasteiger partial charge in [0, 0.05) is 22.9 Å². The topological polar surface area (TPSA) is 120 Å². The Hall–Kier alpha value is -4.33. The summed E-state index contributed by atoms with van der Waals surface area (Å²) in [6, 6.07) is 15.0. The molecule has 0 aliphatic carbocycles. The highest BCUT2D eigenvalue weighted by molar-refractivity contribution is 6.17. The van der Waals surface area contributed by atoms with Crippen molar-refractivity contribution in [3.8, 4) is 22.3 Å². The summed E-state index contributed by atoms with van der Waals surface area (Å²) in [7, 11) is 0. The van der Waals surface area contributed by atoms with Crippen LogP contribution in [0.3, 0.4) is 0 Å². The standard InChI is InChI=1S/C25H20FN5O2/c1-13-23-18-8-4-15(16-5-9-21(27)29-12-16)10-19(18)24(14-2-6-17(26)7-3-14)30-20(11-22(28)32)25(23)33-31-13/h2-10,12,20H,11H2,1H3,(H2,27,29)(H2,28,32). The van der Waals surface area contributed by atoms with Crippen LogP contribution in [0.25, 0.3) is 22.3 Å². The van der Waals surface area contributed by atoms with Crippen molar-refractivity contribution in [2.24, 2.45) is 10.7 Å². The van der Waals surface area contributed by atoms with Gasteiger partial charge in [0.2, 0.25) is 5.91 Å². The van der Waals surface area contributed by atoms with Gasteiger partial charge in [-0.15, -0.1) is 0 Å². The summed E-state index contributed by atoms with van der Waals surface area (Å²) in [6.45, 7) is 1.84. The van der Waals surface area contributed by atoms with E-state index in [-0.39, 0.29) is 12.2 Å². The molecule has 4 N–H and O–H groups in total. The average molecular weight is 441 g/mol. The van der Waals surface area contributed by atoms with E-state index in [0.29, 0.717) is 28.5 Å². The molecule has 0 spiro atoms. The number of carbonyl (C=O) groups is 1. The number of pyridine rings is 1. The summed E-state index contributed by atoms with van der Waals surface area (Å²) < 4.78 is 19.3. The number of nitrogens with zero attached hydrogens (tertiary/aromatic N) is 3. The Morgan fingerprint density at radius 1 is 1.03 bits per heavy atom. The largest absolute Gasteiger partial charge is 0.384 e. The number of aromatic nitrogens is 2. The summed E-state index contributed by atoms with van der Waals surface area (Å²) in [4.78, 5) is 20.9. The van der Waals surface area contributed by atoms with Crippen molar-refractivity contribution < 1.29 is 13.7 Å². The summed E-state index contributed by atoms with van der Waals surface area (Å²) in [5.74, 6) is 0.0463. The van der Waals surface area contributed by atoms with E-state index in [1.54, 1.807) is 24.4 Å². The summed E-state index contributed by atoms with van der Waals surface area (Å²) in [5.41, 5.74) is 17.5. The maximum absolute atomic E-state index is 13.7. The molecule has 1 aliphatic heterocycles. The first-order valence-electron chi connectivity index (χ1n) is 10.4. The van der Waals surface area contributed by atoms with Gasteiger partial charge in [0.05, 0.1) is 23.4 Å². The van der Waals surface area contributed by atoms with Gasteiger partial charge in [0.15, 0.2) is 5.76 Å². The van der Waals surface area contributed by atoms with Crippen LogP contribution in [0.4, 0.5) is 10.2 Å². The Balaban J connectivity index is 1.78. The molecule has 0 fully saturated rings. The third-order valence-electron chi connectivity index (χ3n) is 5.65. The van der Waals surface area contributed by atoms with Crippen LogP contribution < -0.4 is 11.5 Å². The van der Waals surface area contributed by atoms with Crippen LogP contribution in [0.2, 0.25) is 0 Å². The molecular weight excluding hydrogens is 421 g/mol. The number of fused-ring (bicyclic) bond motifs is 3. The van der Waals surface area contributed by atoms with E-state index in [4.69, 9.17) is 21.0 Å². The maximum Gasteiger partial charge on any atom is 0.220 e. The predicted molar refractivity (Wildman–Crippen MR) is 123 cm³/mol. The Bertz CT molecular complexity index is 1390. The highest BCUT2D eigenvalue weighted by atomic mass is 19.1. The van der Waals surface area contributed by atoms with Crippen LogP contribution in [-0.2, 0) is 4.79 Å². The summed E-state index contributed by atoms with van der Waals surface area (Å²) in [6.07, 6.45) is 1.66. The molecule has 1 atom stereocenters. The number of primary amides is 1. The van der Waals surface area contributed by atoms with E-state index >= 15 is 0 Å². The molecule has 0 saturated heterocycles. The molecule has 1 amide bonds. The van der Waals surface area contributed by atoms with E-state index in [9.17, 15) is 9.18 Å². The molecule has 164 valence electrons. The second kappa shape index (κ2) is 7.98. The molecule has 0 bridgehead atoms. The monoisotopic (exact) mass is 441 g/mol. The fourth-order valence-electron chi connectivity index (χ4n) is 4.11. The van der Waals surface area contributed by atoms with Gasteiger partial charge in [-0.2, -0.15) is 0 Å². The van der Waals surface area contributed by atoms with Gasteiger partial charge >= 0.3 is 0 Å². The van der Waals surface area contributed by atoms with Crippen LogP contribution in [-0.4, -0.2) is 21.8 Å². The molecule has 8 heteroatoms. The molecule has 2 aromatic carbocycles. The smallest absolute Gasteiger partial charge is 0.220 e. The van der Waals surface area contributed by atoms with Crippen molar-refractivity contribution in [2.75, 3.05) is 5.73 Å². The lowest BCUT2D eigenvalue weighted by atomic mass is 9.90. The zero-order valence-electron chi connectivity index (χ0n) is 17.7. The molecule has 7 nitrogen and oxygen atoms in total. The first-order chi connectivity index (χ1) is 15.9. The molecule has 4 aromatic rings. The minimum Gasteiger partial charge on any atom is -0.384 e. The first kappa shape index (κ1) is 20.6.